The molecular formula is C19H18N4OS2. The van der Waals surface area contributed by atoms with E-state index in [0.717, 1.165) is 21.5 Å². The Kier molecular flexibility index (Phi) is 4.65. The fourth-order valence-electron chi connectivity index (χ4n) is 2.71. The van der Waals surface area contributed by atoms with E-state index in [0.29, 0.717) is 11.7 Å². The summed E-state index contributed by atoms with van der Waals surface area (Å²) in [6.45, 7) is 4.38. The molecule has 0 atom stereocenters. The van der Waals surface area contributed by atoms with Gasteiger partial charge in [0, 0.05) is 41.5 Å². The van der Waals surface area contributed by atoms with Gasteiger partial charge < -0.3 is 0 Å². The Morgan fingerprint density at radius 2 is 2.00 bits per heavy atom. The van der Waals surface area contributed by atoms with Crippen molar-refractivity contribution >= 4 is 28.1 Å². The van der Waals surface area contributed by atoms with Gasteiger partial charge in [0.05, 0.1) is 5.69 Å². The first-order valence-corrected chi connectivity index (χ1v) is 10.2. The number of thiazole rings is 1. The molecule has 0 spiro atoms. The summed E-state index contributed by atoms with van der Waals surface area (Å²) < 4.78 is 3.63. The lowest BCUT2D eigenvalue weighted by Gasteiger charge is -2.10. The van der Waals surface area contributed by atoms with Gasteiger partial charge in [0.2, 0.25) is 0 Å². The maximum Gasteiger partial charge on any atom is 0.258 e. The van der Waals surface area contributed by atoms with Crippen LogP contribution in [0.15, 0.2) is 64.3 Å². The maximum absolute atomic E-state index is 12.1. The van der Waals surface area contributed by atoms with Gasteiger partial charge >= 0.3 is 0 Å². The minimum Gasteiger partial charge on any atom is -0.295 e. The van der Waals surface area contributed by atoms with E-state index in [9.17, 15) is 4.79 Å². The van der Waals surface area contributed by atoms with Gasteiger partial charge in [-0.05, 0) is 23.6 Å². The Morgan fingerprint density at radius 1 is 1.19 bits per heavy atom. The molecule has 0 unspecified atom stereocenters. The number of hydrogen-bond donors (Lipinski definition) is 0. The summed E-state index contributed by atoms with van der Waals surface area (Å²) in [5.74, 6) is 1.11. The highest BCUT2D eigenvalue weighted by molar-refractivity contribution is 7.98. The molecule has 0 radical (unpaired) electrons. The highest BCUT2D eigenvalue weighted by Crippen LogP contribution is 2.25. The quantitative estimate of drug-likeness (QED) is 0.481. The van der Waals surface area contributed by atoms with Crippen molar-refractivity contribution in [2.75, 3.05) is 0 Å². The Morgan fingerprint density at radius 3 is 2.77 bits per heavy atom. The summed E-state index contributed by atoms with van der Waals surface area (Å²) in [6.07, 6.45) is 5.50. The number of rotatable bonds is 5. The third-order valence-corrected chi connectivity index (χ3v) is 5.91. The first-order valence-electron chi connectivity index (χ1n) is 8.34. The molecule has 0 aliphatic rings. The number of imidazole rings is 1. The zero-order valence-electron chi connectivity index (χ0n) is 14.5. The van der Waals surface area contributed by atoms with Crippen molar-refractivity contribution in [3.05, 3.63) is 75.9 Å². The van der Waals surface area contributed by atoms with Crippen LogP contribution in [0.1, 0.15) is 31.0 Å². The third kappa shape index (κ3) is 3.32. The molecule has 3 aromatic heterocycles. The summed E-state index contributed by atoms with van der Waals surface area (Å²) in [5.41, 5.74) is 3.12. The molecule has 4 rings (SSSR count). The summed E-state index contributed by atoms with van der Waals surface area (Å²) in [4.78, 5) is 21.8. The van der Waals surface area contributed by atoms with Crippen molar-refractivity contribution in [1.29, 1.82) is 0 Å². The molecule has 5 nitrogen and oxygen atoms in total. The number of nitrogens with zero attached hydrogens (tertiary/aromatic N) is 4. The number of benzene rings is 1. The highest BCUT2D eigenvalue weighted by atomic mass is 32.2. The molecule has 4 aromatic rings. The number of aromatic nitrogens is 4. The van der Waals surface area contributed by atoms with Crippen molar-refractivity contribution in [1.82, 2.24) is 18.9 Å². The van der Waals surface area contributed by atoms with Crippen LogP contribution in [0.4, 0.5) is 0 Å². The molecule has 132 valence electrons. The van der Waals surface area contributed by atoms with E-state index in [4.69, 9.17) is 0 Å². The van der Waals surface area contributed by atoms with Gasteiger partial charge in [-0.1, -0.05) is 37.7 Å². The van der Waals surface area contributed by atoms with Crippen LogP contribution in [0.5, 0.6) is 0 Å². The molecule has 0 aliphatic heterocycles. The van der Waals surface area contributed by atoms with E-state index in [1.807, 2.05) is 11.6 Å². The van der Waals surface area contributed by atoms with Crippen LogP contribution in [0.3, 0.4) is 0 Å². The topological polar surface area (TPSA) is 52.2 Å². The van der Waals surface area contributed by atoms with Gasteiger partial charge in [-0.2, -0.15) is 0 Å². The fourth-order valence-corrected chi connectivity index (χ4v) is 4.32. The van der Waals surface area contributed by atoms with E-state index in [1.165, 1.54) is 16.9 Å². The predicted molar refractivity (Wildman–Crippen MR) is 107 cm³/mol. The Hall–Kier alpha value is -2.38. The van der Waals surface area contributed by atoms with Crippen molar-refractivity contribution in [2.24, 2.45) is 0 Å². The van der Waals surface area contributed by atoms with Crippen LogP contribution in [0.25, 0.3) is 10.6 Å². The number of hydrogen-bond acceptors (Lipinski definition) is 5. The predicted octanol–water partition coefficient (Wildman–Crippen LogP) is 4.36. The minimum absolute atomic E-state index is 0.0422. The molecule has 0 fully saturated rings. The number of thioether (sulfide) groups is 1. The second-order valence-corrected chi connectivity index (χ2v) is 8.07. The standard InChI is InChI=1S/C19H18N4OS2/c1-13(2)14-3-5-16(6-4-14)22-8-7-20-18(22)26-12-15-11-17(24)23-9-10-25-19(23)21-15/h3-11,13H,12H2,1-2H3. The molecule has 0 aliphatic carbocycles. The zero-order chi connectivity index (χ0) is 18.1. The van der Waals surface area contributed by atoms with Gasteiger partial charge in [0.15, 0.2) is 10.1 Å². The average Bonchev–Trinajstić information content (AvgIpc) is 3.29. The van der Waals surface area contributed by atoms with Crippen LogP contribution in [0.2, 0.25) is 0 Å². The lowest BCUT2D eigenvalue weighted by molar-refractivity contribution is 0.858. The van der Waals surface area contributed by atoms with Gasteiger partial charge in [-0.15, -0.1) is 11.3 Å². The van der Waals surface area contributed by atoms with Gasteiger partial charge in [0.25, 0.3) is 5.56 Å². The van der Waals surface area contributed by atoms with Crippen LogP contribution >= 0.6 is 23.1 Å². The number of fused-ring (bicyclic) bond motifs is 1. The van der Waals surface area contributed by atoms with Crippen molar-refractivity contribution in [3.63, 3.8) is 0 Å². The van der Waals surface area contributed by atoms with E-state index >= 15 is 0 Å². The average molecular weight is 383 g/mol. The zero-order valence-corrected chi connectivity index (χ0v) is 16.1. The molecular weight excluding hydrogens is 364 g/mol. The SMILES string of the molecule is CC(C)c1ccc(-n2ccnc2SCc2cc(=O)n3ccsc3n2)cc1. The molecule has 7 heteroatoms. The Labute approximate surface area is 159 Å². The van der Waals surface area contributed by atoms with E-state index in [2.05, 4.69) is 52.6 Å². The monoisotopic (exact) mass is 382 g/mol. The van der Waals surface area contributed by atoms with Crippen molar-refractivity contribution in [3.8, 4) is 5.69 Å². The molecule has 1 aromatic carbocycles. The van der Waals surface area contributed by atoms with Crippen LogP contribution in [-0.2, 0) is 5.75 Å². The lowest BCUT2D eigenvalue weighted by atomic mass is 10.0. The first-order chi connectivity index (χ1) is 12.6. The van der Waals surface area contributed by atoms with E-state index < -0.39 is 0 Å². The molecule has 26 heavy (non-hydrogen) atoms. The summed E-state index contributed by atoms with van der Waals surface area (Å²) in [7, 11) is 0. The maximum atomic E-state index is 12.1. The van der Waals surface area contributed by atoms with Crippen LogP contribution in [0, 0.1) is 0 Å². The van der Waals surface area contributed by atoms with E-state index in [-0.39, 0.29) is 5.56 Å². The highest BCUT2D eigenvalue weighted by Gasteiger charge is 2.09. The minimum atomic E-state index is -0.0422. The summed E-state index contributed by atoms with van der Waals surface area (Å²) in [5, 5.41) is 2.75. The molecule has 0 N–H and O–H groups in total. The fraction of sp³-hybridized carbons (Fsp3) is 0.211. The van der Waals surface area contributed by atoms with Gasteiger partial charge in [0.1, 0.15) is 0 Å². The van der Waals surface area contributed by atoms with Crippen LogP contribution < -0.4 is 5.56 Å². The molecule has 0 saturated carbocycles. The molecule has 3 heterocycles. The first kappa shape index (κ1) is 17.1. The largest absolute Gasteiger partial charge is 0.295 e. The lowest BCUT2D eigenvalue weighted by Crippen LogP contribution is -2.12. The van der Waals surface area contributed by atoms with Crippen molar-refractivity contribution in [2.45, 2.75) is 30.7 Å². The second-order valence-electron chi connectivity index (χ2n) is 6.26. The Bertz CT molecular complexity index is 1090. The van der Waals surface area contributed by atoms with E-state index in [1.54, 1.807) is 34.6 Å². The summed E-state index contributed by atoms with van der Waals surface area (Å²) >= 11 is 3.04. The van der Waals surface area contributed by atoms with Gasteiger partial charge in [-0.3, -0.25) is 13.8 Å². The molecule has 0 amide bonds. The molecule has 0 saturated heterocycles. The second kappa shape index (κ2) is 7.09. The molecule has 0 bridgehead atoms. The summed E-state index contributed by atoms with van der Waals surface area (Å²) in [6, 6.07) is 10.1. The van der Waals surface area contributed by atoms with Crippen molar-refractivity contribution < 1.29 is 0 Å². The Balaban J connectivity index is 1.56. The smallest absolute Gasteiger partial charge is 0.258 e. The van der Waals surface area contributed by atoms with Gasteiger partial charge in [-0.25, -0.2) is 9.97 Å². The third-order valence-electron chi connectivity index (χ3n) is 4.15. The normalized spacial score (nSPS) is 11.5. The van der Waals surface area contributed by atoms with Crippen LogP contribution in [-0.4, -0.2) is 18.9 Å².